The van der Waals surface area contributed by atoms with Gasteiger partial charge in [0.05, 0.1) is 23.7 Å². The Morgan fingerprint density at radius 3 is 2.34 bits per heavy atom. The molecule has 0 amide bonds. The van der Waals surface area contributed by atoms with Gasteiger partial charge in [0.15, 0.2) is 0 Å². The highest BCUT2D eigenvalue weighted by atomic mass is 35.5. The molecule has 1 aliphatic carbocycles. The zero-order valence-corrected chi connectivity index (χ0v) is 23.5. The number of halogens is 1. The zero-order chi connectivity index (χ0) is 27.1. The second kappa shape index (κ2) is 10.4. The number of ether oxygens (including phenoxy) is 1. The standard InChI is InChI=1S/C28H33ClN4O4S/c1-20(2)38(35,36)32-15-13-31(14-16-32)25-18-30-33(24-6-4-5-23(29)17-24)27(34)26(25)37-19-28(11-12-28)22-9-7-21(3)8-10-22/h4-10,17-18,20H,11-16,19H2,1-3H3. The molecular formula is C28H33ClN4O4S. The predicted molar refractivity (Wildman–Crippen MR) is 150 cm³/mol. The van der Waals surface area contributed by atoms with Crippen LogP contribution in [-0.4, -0.2) is 60.5 Å². The number of anilines is 1. The third kappa shape index (κ3) is 5.19. The molecule has 38 heavy (non-hydrogen) atoms. The van der Waals surface area contributed by atoms with Crippen LogP contribution in [0.1, 0.15) is 37.8 Å². The molecular weight excluding hydrogens is 524 g/mol. The maximum atomic E-state index is 13.8. The molecule has 10 heteroatoms. The average Bonchev–Trinajstić information content (AvgIpc) is 3.69. The quantitative estimate of drug-likeness (QED) is 0.414. The van der Waals surface area contributed by atoms with Gasteiger partial charge in [0, 0.05) is 36.6 Å². The molecule has 1 saturated heterocycles. The average molecular weight is 557 g/mol. The van der Waals surface area contributed by atoms with E-state index < -0.39 is 15.3 Å². The van der Waals surface area contributed by atoms with Crippen LogP contribution in [-0.2, 0) is 15.4 Å². The van der Waals surface area contributed by atoms with E-state index in [1.165, 1.54) is 20.1 Å². The molecule has 1 aromatic heterocycles. The molecule has 0 radical (unpaired) electrons. The van der Waals surface area contributed by atoms with E-state index in [2.05, 4.69) is 36.3 Å². The van der Waals surface area contributed by atoms with Crippen LogP contribution in [0, 0.1) is 6.92 Å². The summed E-state index contributed by atoms with van der Waals surface area (Å²) in [5.41, 5.74) is 3.04. The monoisotopic (exact) mass is 556 g/mol. The van der Waals surface area contributed by atoms with Gasteiger partial charge in [-0.3, -0.25) is 4.79 Å². The van der Waals surface area contributed by atoms with Crippen LogP contribution in [0.3, 0.4) is 0 Å². The van der Waals surface area contributed by atoms with E-state index in [0.29, 0.717) is 49.2 Å². The van der Waals surface area contributed by atoms with Crippen molar-refractivity contribution in [3.8, 4) is 11.4 Å². The molecule has 0 atom stereocenters. The van der Waals surface area contributed by atoms with E-state index >= 15 is 0 Å². The summed E-state index contributed by atoms with van der Waals surface area (Å²) in [5.74, 6) is 0.221. The maximum absolute atomic E-state index is 13.8. The Morgan fingerprint density at radius 1 is 1.05 bits per heavy atom. The Bertz CT molecular complexity index is 1480. The molecule has 2 aromatic carbocycles. The summed E-state index contributed by atoms with van der Waals surface area (Å²) in [6.45, 7) is 7.37. The molecule has 5 rings (SSSR count). The van der Waals surface area contributed by atoms with Crippen molar-refractivity contribution in [3.63, 3.8) is 0 Å². The lowest BCUT2D eigenvalue weighted by atomic mass is 9.96. The molecule has 2 fully saturated rings. The summed E-state index contributed by atoms with van der Waals surface area (Å²) in [6.07, 6.45) is 3.62. The van der Waals surface area contributed by atoms with E-state index in [1.807, 2.05) is 4.90 Å². The number of piperazine rings is 1. The lowest BCUT2D eigenvalue weighted by Gasteiger charge is -2.36. The fraction of sp³-hybridized carbons (Fsp3) is 0.429. The number of nitrogens with zero attached hydrogens (tertiary/aromatic N) is 4. The lowest BCUT2D eigenvalue weighted by molar-refractivity contribution is 0.272. The molecule has 202 valence electrons. The summed E-state index contributed by atoms with van der Waals surface area (Å²) < 4.78 is 34.5. The van der Waals surface area contributed by atoms with Gasteiger partial charge < -0.3 is 9.64 Å². The molecule has 2 aliphatic rings. The number of benzene rings is 2. The second-order valence-corrected chi connectivity index (χ2v) is 13.4. The minimum atomic E-state index is -3.34. The fourth-order valence-corrected chi connectivity index (χ4v) is 6.30. The molecule has 1 saturated carbocycles. The van der Waals surface area contributed by atoms with E-state index in [0.717, 1.165) is 12.8 Å². The summed E-state index contributed by atoms with van der Waals surface area (Å²) in [7, 11) is -3.34. The smallest absolute Gasteiger partial charge is 0.316 e. The highest BCUT2D eigenvalue weighted by Crippen LogP contribution is 2.48. The molecule has 0 N–H and O–H groups in total. The normalized spacial score (nSPS) is 17.6. The Morgan fingerprint density at radius 2 is 1.74 bits per heavy atom. The minimum absolute atomic E-state index is 0.119. The maximum Gasteiger partial charge on any atom is 0.316 e. The van der Waals surface area contributed by atoms with Crippen LogP contribution in [0.5, 0.6) is 5.75 Å². The summed E-state index contributed by atoms with van der Waals surface area (Å²) in [4.78, 5) is 15.8. The van der Waals surface area contributed by atoms with Crippen molar-refractivity contribution in [1.82, 2.24) is 14.1 Å². The van der Waals surface area contributed by atoms with Crippen molar-refractivity contribution in [1.29, 1.82) is 0 Å². The van der Waals surface area contributed by atoms with Gasteiger partial charge in [-0.05, 0) is 57.4 Å². The van der Waals surface area contributed by atoms with Crippen molar-refractivity contribution < 1.29 is 13.2 Å². The van der Waals surface area contributed by atoms with Gasteiger partial charge in [-0.2, -0.15) is 14.1 Å². The van der Waals surface area contributed by atoms with Crippen LogP contribution < -0.4 is 15.2 Å². The van der Waals surface area contributed by atoms with E-state index in [1.54, 1.807) is 44.3 Å². The first-order chi connectivity index (χ1) is 18.1. The summed E-state index contributed by atoms with van der Waals surface area (Å²) in [6, 6.07) is 15.4. The van der Waals surface area contributed by atoms with Crippen LogP contribution in [0.25, 0.3) is 5.69 Å². The number of hydrogen-bond acceptors (Lipinski definition) is 6. The molecule has 8 nitrogen and oxygen atoms in total. The molecule has 2 heterocycles. The Hall–Kier alpha value is -2.88. The third-order valence-electron chi connectivity index (χ3n) is 7.51. The topological polar surface area (TPSA) is 84.7 Å². The van der Waals surface area contributed by atoms with E-state index in [-0.39, 0.29) is 16.7 Å². The Kier molecular flexibility index (Phi) is 7.28. The van der Waals surface area contributed by atoms with Crippen molar-refractivity contribution >= 4 is 27.3 Å². The molecule has 1 aliphatic heterocycles. The first kappa shape index (κ1) is 26.7. The van der Waals surface area contributed by atoms with Gasteiger partial charge in [-0.1, -0.05) is 47.5 Å². The first-order valence-corrected chi connectivity index (χ1v) is 14.8. The summed E-state index contributed by atoms with van der Waals surface area (Å²) in [5, 5.41) is 4.46. The molecule has 3 aromatic rings. The Labute approximate surface area is 228 Å². The van der Waals surface area contributed by atoms with Crippen LogP contribution in [0.15, 0.2) is 59.5 Å². The number of sulfonamides is 1. The van der Waals surface area contributed by atoms with E-state index in [9.17, 15) is 13.2 Å². The van der Waals surface area contributed by atoms with Crippen molar-refractivity contribution in [2.45, 2.75) is 44.3 Å². The molecule has 0 bridgehead atoms. The minimum Gasteiger partial charge on any atom is -0.485 e. The van der Waals surface area contributed by atoms with Crippen molar-refractivity contribution in [3.05, 3.63) is 81.2 Å². The van der Waals surface area contributed by atoms with Gasteiger partial charge in [0.25, 0.3) is 0 Å². The second-order valence-electron chi connectivity index (χ2n) is 10.5. The third-order valence-corrected chi connectivity index (χ3v) is 10.0. The fourth-order valence-electron chi connectivity index (χ4n) is 4.85. The SMILES string of the molecule is Cc1ccc(C2(COc3c(N4CCN(S(=O)(=O)C(C)C)CC4)cnn(-c4cccc(Cl)c4)c3=O)CC2)cc1. The summed E-state index contributed by atoms with van der Waals surface area (Å²) >= 11 is 6.18. The number of aromatic nitrogens is 2. The first-order valence-electron chi connectivity index (χ1n) is 12.9. The lowest BCUT2D eigenvalue weighted by Crippen LogP contribution is -2.50. The van der Waals surface area contributed by atoms with Gasteiger partial charge >= 0.3 is 5.56 Å². The van der Waals surface area contributed by atoms with E-state index in [4.69, 9.17) is 16.3 Å². The molecule has 0 unspecified atom stereocenters. The van der Waals surface area contributed by atoms with Crippen molar-refractivity contribution in [2.75, 3.05) is 37.7 Å². The van der Waals surface area contributed by atoms with Gasteiger partial charge in [-0.15, -0.1) is 0 Å². The highest BCUT2D eigenvalue weighted by Gasteiger charge is 2.45. The van der Waals surface area contributed by atoms with Crippen molar-refractivity contribution in [2.24, 2.45) is 0 Å². The van der Waals surface area contributed by atoms with Gasteiger partial charge in [-0.25, -0.2) is 8.42 Å². The van der Waals surface area contributed by atoms with Crippen LogP contribution in [0.2, 0.25) is 5.02 Å². The van der Waals surface area contributed by atoms with Crippen LogP contribution in [0.4, 0.5) is 5.69 Å². The number of rotatable bonds is 8. The van der Waals surface area contributed by atoms with Gasteiger partial charge in [0.1, 0.15) is 5.69 Å². The zero-order valence-electron chi connectivity index (χ0n) is 21.9. The largest absolute Gasteiger partial charge is 0.485 e. The predicted octanol–water partition coefficient (Wildman–Crippen LogP) is 4.17. The number of hydrogen-bond donors (Lipinski definition) is 0. The van der Waals surface area contributed by atoms with Gasteiger partial charge in [0.2, 0.25) is 15.8 Å². The van der Waals surface area contributed by atoms with Crippen LogP contribution >= 0.6 is 11.6 Å². The number of aryl methyl sites for hydroxylation is 1. The molecule has 0 spiro atoms. The highest BCUT2D eigenvalue weighted by molar-refractivity contribution is 7.89. The Balaban J connectivity index is 1.46.